The first-order chi connectivity index (χ1) is 12.8. The van der Waals surface area contributed by atoms with Gasteiger partial charge in [-0.05, 0) is 56.1 Å². The van der Waals surface area contributed by atoms with Crippen molar-refractivity contribution in [3.63, 3.8) is 0 Å². The topological polar surface area (TPSA) is 41.9 Å². The summed E-state index contributed by atoms with van der Waals surface area (Å²) < 4.78 is 0. The fourth-order valence-corrected chi connectivity index (χ4v) is 6.28. The average molecular weight is 383 g/mol. The van der Waals surface area contributed by atoms with Gasteiger partial charge in [-0.2, -0.15) is 11.8 Å². The van der Waals surface area contributed by atoms with Crippen LogP contribution in [0.4, 0.5) is 5.82 Å². The van der Waals surface area contributed by atoms with E-state index in [1.54, 1.807) is 6.20 Å². The van der Waals surface area contributed by atoms with Crippen LogP contribution in [0.25, 0.3) is 21.6 Å². The predicted octanol–water partition coefficient (Wildman–Crippen LogP) is 4.57. The van der Waals surface area contributed by atoms with Crippen LogP contribution in [0.15, 0.2) is 24.5 Å². The summed E-state index contributed by atoms with van der Waals surface area (Å²) in [5.41, 5.74) is 2.53. The summed E-state index contributed by atoms with van der Waals surface area (Å²) in [7, 11) is 0. The van der Waals surface area contributed by atoms with Crippen molar-refractivity contribution >= 4 is 39.1 Å². The van der Waals surface area contributed by atoms with E-state index in [0.717, 1.165) is 22.8 Å². The largest absolute Gasteiger partial charge is 0.352 e. The summed E-state index contributed by atoms with van der Waals surface area (Å²) in [5, 5.41) is 1.34. The van der Waals surface area contributed by atoms with Crippen molar-refractivity contribution < 1.29 is 0 Å². The van der Waals surface area contributed by atoms with Gasteiger partial charge in [-0.25, -0.2) is 9.97 Å². The second kappa shape index (κ2) is 6.82. The molecule has 0 spiro atoms. The van der Waals surface area contributed by atoms with Crippen LogP contribution < -0.4 is 4.90 Å². The SMILES string of the molecule is CSCC1CCCN1c1nc(-c2cccnc2)nc2sc3c(c12)CCC3. The summed E-state index contributed by atoms with van der Waals surface area (Å²) >= 11 is 3.82. The Labute approximate surface area is 162 Å². The lowest BCUT2D eigenvalue weighted by Crippen LogP contribution is -2.32. The Kier molecular flexibility index (Phi) is 4.33. The van der Waals surface area contributed by atoms with Gasteiger partial charge in [-0.1, -0.05) is 0 Å². The van der Waals surface area contributed by atoms with E-state index in [1.807, 2.05) is 35.4 Å². The molecule has 26 heavy (non-hydrogen) atoms. The van der Waals surface area contributed by atoms with Crippen molar-refractivity contribution in [3.05, 3.63) is 35.0 Å². The van der Waals surface area contributed by atoms with Gasteiger partial charge in [-0.15, -0.1) is 11.3 Å². The second-order valence-electron chi connectivity index (χ2n) is 7.09. The molecule has 1 saturated heterocycles. The summed E-state index contributed by atoms with van der Waals surface area (Å²) in [6.07, 6.45) is 12.1. The Morgan fingerprint density at radius 1 is 1.27 bits per heavy atom. The molecule has 6 heteroatoms. The standard InChI is InChI=1S/C20H22N4S2/c1-25-12-14-6-4-10-24(14)19-17-15-7-2-8-16(15)26-20(17)23-18(22-19)13-5-3-9-21-11-13/h3,5,9,11,14H,2,4,6-8,10,12H2,1H3. The first-order valence-electron chi connectivity index (χ1n) is 9.33. The molecule has 4 nitrogen and oxygen atoms in total. The van der Waals surface area contributed by atoms with Gasteiger partial charge in [0.2, 0.25) is 0 Å². The molecule has 0 saturated carbocycles. The van der Waals surface area contributed by atoms with Crippen molar-refractivity contribution in [3.8, 4) is 11.4 Å². The van der Waals surface area contributed by atoms with Gasteiger partial charge in [-0.3, -0.25) is 4.98 Å². The van der Waals surface area contributed by atoms with Crippen molar-refractivity contribution in [1.82, 2.24) is 15.0 Å². The molecule has 1 aliphatic carbocycles. The number of hydrogen-bond acceptors (Lipinski definition) is 6. The highest BCUT2D eigenvalue weighted by Crippen LogP contribution is 2.43. The molecule has 3 aromatic heterocycles. The number of thioether (sulfide) groups is 1. The van der Waals surface area contributed by atoms with Crippen molar-refractivity contribution in [1.29, 1.82) is 0 Å². The van der Waals surface area contributed by atoms with Gasteiger partial charge < -0.3 is 4.90 Å². The molecule has 0 aromatic carbocycles. The van der Waals surface area contributed by atoms with Crippen LogP contribution in [0.5, 0.6) is 0 Å². The molecule has 0 bridgehead atoms. The molecule has 4 heterocycles. The van der Waals surface area contributed by atoms with Crippen molar-refractivity contribution in [2.24, 2.45) is 0 Å². The number of aromatic nitrogens is 3. The normalized spacial score (nSPS) is 19.4. The van der Waals surface area contributed by atoms with Gasteiger partial charge >= 0.3 is 0 Å². The third kappa shape index (κ3) is 2.70. The summed E-state index contributed by atoms with van der Waals surface area (Å²) in [4.78, 5) is 19.6. The molecule has 2 aliphatic rings. The number of fused-ring (bicyclic) bond motifs is 3. The zero-order valence-electron chi connectivity index (χ0n) is 14.9. The van der Waals surface area contributed by atoms with E-state index in [-0.39, 0.29) is 0 Å². The van der Waals surface area contributed by atoms with E-state index in [2.05, 4.69) is 22.2 Å². The monoisotopic (exact) mass is 382 g/mol. The third-order valence-electron chi connectivity index (χ3n) is 5.47. The highest BCUT2D eigenvalue weighted by atomic mass is 32.2. The van der Waals surface area contributed by atoms with Crippen molar-refractivity contribution in [2.45, 2.75) is 38.1 Å². The third-order valence-corrected chi connectivity index (χ3v) is 7.38. The molecular formula is C20H22N4S2. The van der Waals surface area contributed by atoms with Crippen LogP contribution >= 0.6 is 23.1 Å². The zero-order valence-corrected chi connectivity index (χ0v) is 16.6. The van der Waals surface area contributed by atoms with Gasteiger partial charge in [0.1, 0.15) is 10.6 Å². The minimum Gasteiger partial charge on any atom is -0.352 e. The van der Waals surface area contributed by atoms with E-state index < -0.39 is 0 Å². The Bertz CT molecular complexity index is 938. The maximum absolute atomic E-state index is 5.11. The first kappa shape index (κ1) is 16.5. The van der Waals surface area contributed by atoms with Crippen LogP contribution in [0.3, 0.4) is 0 Å². The smallest absolute Gasteiger partial charge is 0.164 e. The predicted molar refractivity (Wildman–Crippen MR) is 111 cm³/mol. The Morgan fingerprint density at radius 3 is 3.08 bits per heavy atom. The Balaban J connectivity index is 1.71. The van der Waals surface area contributed by atoms with Gasteiger partial charge in [0.15, 0.2) is 5.82 Å². The Morgan fingerprint density at radius 2 is 2.23 bits per heavy atom. The number of thiophene rings is 1. The van der Waals surface area contributed by atoms with Gasteiger partial charge in [0, 0.05) is 41.2 Å². The molecule has 1 atom stereocenters. The number of aryl methyl sites for hydroxylation is 2. The van der Waals surface area contributed by atoms with Crippen LogP contribution in [0.1, 0.15) is 29.7 Å². The molecule has 0 N–H and O–H groups in total. The molecular weight excluding hydrogens is 360 g/mol. The van der Waals surface area contributed by atoms with Crippen LogP contribution in [-0.2, 0) is 12.8 Å². The summed E-state index contributed by atoms with van der Waals surface area (Å²) in [6, 6.07) is 4.60. The van der Waals surface area contributed by atoms with Gasteiger partial charge in [0.25, 0.3) is 0 Å². The maximum atomic E-state index is 5.11. The van der Waals surface area contributed by atoms with E-state index in [9.17, 15) is 0 Å². The molecule has 134 valence electrons. The van der Waals surface area contributed by atoms with E-state index in [1.165, 1.54) is 59.5 Å². The second-order valence-corrected chi connectivity index (χ2v) is 9.09. The van der Waals surface area contributed by atoms with Crippen LogP contribution in [0, 0.1) is 0 Å². The lowest BCUT2D eigenvalue weighted by Gasteiger charge is -2.26. The fraction of sp³-hybridized carbons (Fsp3) is 0.450. The molecule has 1 aliphatic heterocycles. The minimum absolute atomic E-state index is 0.585. The van der Waals surface area contributed by atoms with E-state index in [0.29, 0.717) is 6.04 Å². The molecule has 1 fully saturated rings. The van der Waals surface area contributed by atoms with Crippen LogP contribution in [-0.4, -0.2) is 39.5 Å². The van der Waals surface area contributed by atoms with Crippen molar-refractivity contribution in [2.75, 3.05) is 23.5 Å². The number of pyridine rings is 1. The van der Waals surface area contributed by atoms with Crippen LogP contribution in [0.2, 0.25) is 0 Å². The van der Waals surface area contributed by atoms with Gasteiger partial charge in [0.05, 0.1) is 5.39 Å². The highest BCUT2D eigenvalue weighted by Gasteiger charge is 2.30. The lowest BCUT2D eigenvalue weighted by molar-refractivity contribution is 0.740. The molecule has 1 unspecified atom stereocenters. The average Bonchev–Trinajstić information content (AvgIpc) is 3.37. The summed E-state index contributed by atoms with van der Waals surface area (Å²) in [5.74, 6) is 3.15. The number of rotatable bonds is 4. The number of nitrogens with zero attached hydrogens (tertiary/aromatic N) is 4. The molecule has 0 radical (unpaired) electrons. The summed E-state index contributed by atoms with van der Waals surface area (Å²) in [6.45, 7) is 1.11. The number of anilines is 1. The number of hydrogen-bond donors (Lipinski definition) is 0. The molecule has 0 amide bonds. The maximum Gasteiger partial charge on any atom is 0.164 e. The quantitative estimate of drug-likeness (QED) is 0.661. The van der Waals surface area contributed by atoms with E-state index in [4.69, 9.17) is 9.97 Å². The zero-order chi connectivity index (χ0) is 17.5. The minimum atomic E-state index is 0.585. The first-order valence-corrected chi connectivity index (χ1v) is 11.5. The molecule has 3 aromatic rings. The highest BCUT2D eigenvalue weighted by molar-refractivity contribution is 7.98. The lowest BCUT2D eigenvalue weighted by atomic mass is 10.1. The Hall–Kier alpha value is -1.66. The van der Waals surface area contributed by atoms with E-state index >= 15 is 0 Å². The molecule has 5 rings (SSSR count). The fourth-order valence-electron chi connectivity index (χ4n) is 4.29.